The largest absolute Gasteiger partial charge is 0.338 e. The van der Waals surface area contributed by atoms with E-state index in [9.17, 15) is 4.79 Å². The number of nitrogens with one attached hydrogen (secondary N) is 2. The highest BCUT2D eigenvalue weighted by Crippen LogP contribution is 2.17. The van der Waals surface area contributed by atoms with Crippen LogP contribution in [0.5, 0.6) is 0 Å². The van der Waals surface area contributed by atoms with Crippen LogP contribution in [0.4, 0.5) is 4.79 Å². The molecule has 0 aromatic carbocycles. The van der Waals surface area contributed by atoms with E-state index in [0.717, 1.165) is 30.4 Å². The maximum absolute atomic E-state index is 11.8. The minimum absolute atomic E-state index is 0.0606. The van der Waals surface area contributed by atoms with Crippen molar-refractivity contribution in [3.8, 4) is 0 Å². The van der Waals surface area contributed by atoms with Gasteiger partial charge >= 0.3 is 6.03 Å². The van der Waals surface area contributed by atoms with E-state index in [0.29, 0.717) is 19.0 Å². The zero-order valence-electron chi connectivity index (χ0n) is 12.9. The number of carbonyl (C=O) groups is 1. The van der Waals surface area contributed by atoms with E-state index in [2.05, 4.69) is 32.3 Å². The van der Waals surface area contributed by atoms with Crippen LogP contribution < -0.4 is 10.6 Å². The van der Waals surface area contributed by atoms with E-state index >= 15 is 0 Å². The highest BCUT2D eigenvalue weighted by molar-refractivity contribution is 7.98. The number of nitrogens with zero attached hydrogens (tertiary/aromatic N) is 3. The topological polar surface area (TPSA) is 71.8 Å². The number of hydrogen-bond donors (Lipinski definition) is 2. The molecule has 7 heteroatoms. The summed E-state index contributed by atoms with van der Waals surface area (Å²) in [5.41, 5.74) is 0. The number of rotatable bonds is 6. The summed E-state index contributed by atoms with van der Waals surface area (Å²) in [5, 5.41) is 15.2. The Morgan fingerprint density at radius 3 is 2.76 bits per heavy atom. The van der Waals surface area contributed by atoms with Crippen molar-refractivity contribution in [3.05, 3.63) is 5.82 Å². The van der Waals surface area contributed by atoms with Crippen LogP contribution in [0, 0.1) is 0 Å². The van der Waals surface area contributed by atoms with Gasteiger partial charge in [-0.3, -0.25) is 0 Å². The first kappa shape index (κ1) is 16.1. The van der Waals surface area contributed by atoms with Gasteiger partial charge in [0, 0.05) is 25.6 Å². The average molecular weight is 311 g/mol. The quantitative estimate of drug-likeness (QED) is 0.790. The summed E-state index contributed by atoms with van der Waals surface area (Å²) < 4.78 is 2.09. The van der Waals surface area contributed by atoms with E-state index in [1.165, 1.54) is 19.3 Å². The van der Waals surface area contributed by atoms with Crippen LogP contribution in [0.2, 0.25) is 0 Å². The lowest BCUT2D eigenvalue weighted by Gasteiger charge is -2.22. The molecule has 118 valence electrons. The van der Waals surface area contributed by atoms with Crippen molar-refractivity contribution in [2.75, 3.05) is 12.8 Å². The SMILES string of the molecule is CCn1c(CCNC(=O)NC2CCCCC2)nnc1SC. The normalized spacial score (nSPS) is 15.9. The molecule has 1 aliphatic rings. The third kappa shape index (κ3) is 4.62. The third-order valence-electron chi connectivity index (χ3n) is 3.87. The molecule has 0 unspecified atom stereocenters. The molecule has 2 N–H and O–H groups in total. The lowest BCUT2D eigenvalue weighted by Crippen LogP contribution is -2.43. The minimum atomic E-state index is -0.0606. The Morgan fingerprint density at radius 1 is 1.33 bits per heavy atom. The fraction of sp³-hybridized carbons (Fsp3) is 0.786. The van der Waals surface area contributed by atoms with Crippen molar-refractivity contribution in [3.63, 3.8) is 0 Å². The number of aromatic nitrogens is 3. The molecule has 21 heavy (non-hydrogen) atoms. The van der Waals surface area contributed by atoms with Gasteiger partial charge in [0.05, 0.1) is 0 Å². The standard InChI is InChI=1S/C14H25N5OS/c1-3-19-12(17-18-14(19)21-2)9-10-15-13(20)16-11-7-5-4-6-8-11/h11H,3-10H2,1-2H3,(H2,15,16,20). The molecule has 0 aliphatic heterocycles. The summed E-state index contributed by atoms with van der Waals surface area (Å²) in [5.74, 6) is 0.930. The van der Waals surface area contributed by atoms with E-state index in [4.69, 9.17) is 0 Å². The number of amides is 2. The second kappa shape index (κ2) is 8.26. The molecule has 1 aromatic heterocycles. The molecule has 1 aromatic rings. The molecular formula is C14H25N5OS. The Bertz CT molecular complexity index is 456. The van der Waals surface area contributed by atoms with Gasteiger partial charge in [-0.1, -0.05) is 31.0 Å². The molecule has 1 fully saturated rings. The van der Waals surface area contributed by atoms with E-state index < -0.39 is 0 Å². The van der Waals surface area contributed by atoms with Gasteiger partial charge in [-0.15, -0.1) is 10.2 Å². The highest BCUT2D eigenvalue weighted by atomic mass is 32.2. The summed E-state index contributed by atoms with van der Waals surface area (Å²) in [7, 11) is 0. The summed E-state index contributed by atoms with van der Waals surface area (Å²) in [6.07, 6.45) is 8.66. The van der Waals surface area contributed by atoms with Crippen LogP contribution in [-0.4, -0.2) is 39.6 Å². The molecule has 1 heterocycles. The molecule has 0 bridgehead atoms. The monoisotopic (exact) mass is 311 g/mol. The van der Waals surface area contributed by atoms with Gasteiger partial charge in [-0.05, 0) is 26.0 Å². The molecule has 0 spiro atoms. The van der Waals surface area contributed by atoms with E-state index in [1.54, 1.807) is 11.8 Å². The first-order valence-corrected chi connectivity index (χ1v) is 8.97. The van der Waals surface area contributed by atoms with Gasteiger partial charge in [0.25, 0.3) is 0 Å². The lowest BCUT2D eigenvalue weighted by molar-refractivity contribution is 0.232. The van der Waals surface area contributed by atoms with Crippen LogP contribution in [0.25, 0.3) is 0 Å². The molecule has 0 radical (unpaired) electrons. The molecule has 1 saturated carbocycles. The average Bonchev–Trinajstić information content (AvgIpc) is 2.90. The van der Waals surface area contributed by atoms with E-state index in [-0.39, 0.29) is 6.03 Å². The fourth-order valence-corrected chi connectivity index (χ4v) is 3.32. The number of carbonyl (C=O) groups excluding carboxylic acids is 1. The van der Waals surface area contributed by atoms with Crippen LogP contribution in [-0.2, 0) is 13.0 Å². The zero-order chi connectivity index (χ0) is 15.1. The van der Waals surface area contributed by atoms with Crippen molar-refractivity contribution in [2.24, 2.45) is 0 Å². The van der Waals surface area contributed by atoms with Crippen molar-refractivity contribution >= 4 is 17.8 Å². The molecule has 0 atom stereocenters. The van der Waals surface area contributed by atoms with Crippen molar-refractivity contribution in [1.29, 1.82) is 0 Å². The molecule has 1 aliphatic carbocycles. The number of thioether (sulfide) groups is 1. The molecular weight excluding hydrogens is 286 g/mol. The zero-order valence-corrected chi connectivity index (χ0v) is 13.7. The predicted molar refractivity (Wildman–Crippen MR) is 84.6 cm³/mol. The third-order valence-corrected chi connectivity index (χ3v) is 4.53. The predicted octanol–water partition coefficient (Wildman–Crippen LogP) is 2.19. The summed E-state index contributed by atoms with van der Waals surface area (Å²) >= 11 is 1.59. The van der Waals surface area contributed by atoms with E-state index in [1.807, 2.05) is 6.26 Å². The van der Waals surface area contributed by atoms with Crippen LogP contribution in [0.15, 0.2) is 5.16 Å². The fourth-order valence-electron chi connectivity index (χ4n) is 2.74. The summed E-state index contributed by atoms with van der Waals surface area (Å²) in [6, 6.07) is 0.288. The Hall–Kier alpha value is -1.24. The lowest BCUT2D eigenvalue weighted by atomic mass is 9.96. The molecule has 0 saturated heterocycles. The molecule has 6 nitrogen and oxygen atoms in total. The maximum atomic E-state index is 11.8. The molecule has 2 rings (SSSR count). The maximum Gasteiger partial charge on any atom is 0.315 e. The first-order chi connectivity index (χ1) is 10.2. The van der Waals surface area contributed by atoms with Crippen molar-refractivity contribution in [2.45, 2.75) is 63.2 Å². The Balaban J connectivity index is 1.73. The Labute approximate surface area is 130 Å². The van der Waals surface area contributed by atoms with Crippen molar-refractivity contribution in [1.82, 2.24) is 25.4 Å². The van der Waals surface area contributed by atoms with Gasteiger partial charge in [0.2, 0.25) is 0 Å². The smallest absolute Gasteiger partial charge is 0.315 e. The number of urea groups is 1. The summed E-state index contributed by atoms with van der Waals surface area (Å²) in [6.45, 7) is 3.52. The Morgan fingerprint density at radius 2 is 2.10 bits per heavy atom. The van der Waals surface area contributed by atoms with Gasteiger partial charge < -0.3 is 15.2 Å². The van der Waals surface area contributed by atoms with Crippen LogP contribution >= 0.6 is 11.8 Å². The Kier molecular flexibility index (Phi) is 6.35. The minimum Gasteiger partial charge on any atom is -0.338 e. The van der Waals surface area contributed by atoms with Gasteiger partial charge in [-0.25, -0.2) is 4.79 Å². The molecule has 2 amide bonds. The van der Waals surface area contributed by atoms with Gasteiger partial charge in [0.1, 0.15) is 5.82 Å². The highest BCUT2D eigenvalue weighted by Gasteiger charge is 2.15. The second-order valence-corrected chi connectivity index (χ2v) is 6.11. The van der Waals surface area contributed by atoms with Gasteiger partial charge in [0.15, 0.2) is 5.16 Å². The number of hydrogen-bond acceptors (Lipinski definition) is 4. The first-order valence-electron chi connectivity index (χ1n) is 7.75. The summed E-state index contributed by atoms with van der Waals surface area (Å²) in [4.78, 5) is 11.8. The van der Waals surface area contributed by atoms with Gasteiger partial charge in [-0.2, -0.15) is 0 Å². The van der Waals surface area contributed by atoms with Crippen LogP contribution in [0.3, 0.4) is 0 Å². The van der Waals surface area contributed by atoms with Crippen molar-refractivity contribution < 1.29 is 4.79 Å². The van der Waals surface area contributed by atoms with Crippen LogP contribution in [0.1, 0.15) is 44.9 Å². The second-order valence-electron chi connectivity index (χ2n) is 5.33.